The van der Waals surface area contributed by atoms with Gasteiger partial charge >= 0.3 is 11.9 Å². The average molecular weight is 1170 g/mol. The van der Waals surface area contributed by atoms with Crippen LogP contribution in [0.2, 0.25) is 0 Å². The zero-order chi connectivity index (χ0) is 60.5. The summed E-state index contributed by atoms with van der Waals surface area (Å²) in [5.41, 5.74) is 0. The molecule has 0 aromatic rings. The van der Waals surface area contributed by atoms with Gasteiger partial charge in [-0.25, -0.2) is 0 Å². The minimum absolute atomic E-state index is 0.0749. The monoisotopic (exact) mass is 1170 g/mol. The summed E-state index contributed by atoms with van der Waals surface area (Å²) in [6.07, 6.45) is 108. The lowest BCUT2D eigenvalue weighted by Gasteiger charge is -2.15. The van der Waals surface area contributed by atoms with Gasteiger partial charge in [0.05, 0.1) is 6.61 Å². The maximum Gasteiger partial charge on any atom is 0.306 e. The van der Waals surface area contributed by atoms with E-state index in [0.717, 1.165) is 109 Å². The zero-order valence-corrected chi connectivity index (χ0v) is 55.4. The third kappa shape index (κ3) is 70.8. The van der Waals surface area contributed by atoms with Crippen LogP contribution >= 0.6 is 0 Å². The number of rotatable bonds is 66. The smallest absolute Gasteiger partial charge is 0.306 e. The highest BCUT2D eigenvalue weighted by atomic mass is 16.6. The molecule has 0 amide bonds. The lowest BCUT2D eigenvalue weighted by molar-refractivity contribution is -0.161. The molecule has 1 atom stereocenters. The molecule has 84 heavy (non-hydrogen) atoms. The van der Waals surface area contributed by atoms with Gasteiger partial charge in [-0.1, -0.05) is 367 Å². The third-order valence-corrected chi connectivity index (χ3v) is 15.8. The summed E-state index contributed by atoms with van der Waals surface area (Å²) in [7, 11) is 0. The highest BCUT2D eigenvalue weighted by molar-refractivity contribution is 5.70. The topological polar surface area (TPSA) is 72.8 Å². The Morgan fingerprint density at radius 2 is 0.512 bits per heavy atom. The number of unbranched alkanes of at least 4 members (excludes halogenated alkanes) is 38. The lowest BCUT2D eigenvalue weighted by Crippen LogP contribution is -2.28. The number of hydrogen-bond acceptors (Lipinski definition) is 5. The molecule has 0 saturated carbocycles. The second-order valence-corrected chi connectivity index (χ2v) is 23.9. The van der Waals surface area contributed by atoms with E-state index in [1.807, 2.05) is 0 Å². The fourth-order valence-electron chi connectivity index (χ4n) is 10.4. The fourth-order valence-corrected chi connectivity index (χ4v) is 10.4. The van der Waals surface area contributed by atoms with E-state index in [9.17, 15) is 14.7 Å². The molecule has 1 unspecified atom stereocenters. The van der Waals surface area contributed by atoms with Crippen LogP contribution in [0.5, 0.6) is 0 Å². The molecule has 0 rings (SSSR count). The summed E-state index contributed by atoms with van der Waals surface area (Å²) in [5.74, 6) is -0.600. The van der Waals surface area contributed by atoms with Gasteiger partial charge in [0.15, 0.2) is 6.10 Å². The molecular weight excluding hydrogens is 1030 g/mol. The fraction of sp³-hybridized carbons (Fsp3) is 0.722. The van der Waals surface area contributed by atoms with Crippen molar-refractivity contribution in [3.05, 3.63) is 122 Å². The molecule has 0 saturated heterocycles. The Morgan fingerprint density at radius 1 is 0.286 bits per heavy atom. The molecule has 0 aromatic carbocycles. The number of aliphatic hydroxyl groups excluding tert-OH is 1. The molecule has 5 nitrogen and oxygen atoms in total. The van der Waals surface area contributed by atoms with E-state index in [1.54, 1.807) is 0 Å². The molecule has 0 aliphatic carbocycles. The molecule has 0 radical (unpaired) electrons. The minimum Gasteiger partial charge on any atom is -0.462 e. The van der Waals surface area contributed by atoms with Gasteiger partial charge in [0.2, 0.25) is 0 Å². The summed E-state index contributed by atoms with van der Waals surface area (Å²) >= 11 is 0. The minimum atomic E-state index is -0.788. The number of esters is 2. The summed E-state index contributed by atoms with van der Waals surface area (Å²) in [4.78, 5) is 24.7. The van der Waals surface area contributed by atoms with Crippen molar-refractivity contribution in [2.45, 2.75) is 354 Å². The van der Waals surface area contributed by atoms with Gasteiger partial charge in [-0.3, -0.25) is 9.59 Å². The van der Waals surface area contributed by atoms with Gasteiger partial charge in [0, 0.05) is 12.8 Å². The van der Waals surface area contributed by atoms with Gasteiger partial charge in [-0.2, -0.15) is 0 Å². The van der Waals surface area contributed by atoms with Gasteiger partial charge in [0.25, 0.3) is 0 Å². The SMILES string of the molecule is CC/C=C\C/C=C\C/C=C\C/C=C\C/C=C\C/C=C\C/C=C\C/C=C\C/C=C\C/C=C\CCCCCCCCC(=O)OC(CO)COC(=O)CCCCCCCCCCCCCCCCCCCCCCCCCCCCCCCCCCC. The second-order valence-electron chi connectivity index (χ2n) is 23.9. The number of allylic oxidation sites excluding steroid dienone is 20. The van der Waals surface area contributed by atoms with E-state index < -0.39 is 6.10 Å². The average Bonchev–Trinajstić information content (AvgIpc) is 3.51. The lowest BCUT2D eigenvalue weighted by atomic mass is 10.0. The van der Waals surface area contributed by atoms with Crippen LogP contribution in [-0.2, 0) is 19.1 Å². The Bertz CT molecular complexity index is 1650. The van der Waals surface area contributed by atoms with E-state index in [0.29, 0.717) is 12.8 Å². The van der Waals surface area contributed by atoms with Crippen LogP contribution in [0.4, 0.5) is 0 Å². The van der Waals surface area contributed by atoms with Crippen molar-refractivity contribution in [1.82, 2.24) is 0 Å². The van der Waals surface area contributed by atoms with E-state index in [4.69, 9.17) is 9.47 Å². The molecular formula is C79H136O5. The van der Waals surface area contributed by atoms with E-state index >= 15 is 0 Å². The Hall–Kier alpha value is -3.70. The first-order valence-electron chi connectivity index (χ1n) is 36.1. The number of hydrogen-bond donors (Lipinski definition) is 1. The summed E-state index contributed by atoms with van der Waals surface area (Å²) in [6.45, 7) is 4.05. The summed E-state index contributed by atoms with van der Waals surface area (Å²) in [5, 5.41) is 9.71. The van der Waals surface area contributed by atoms with Crippen molar-refractivity contribution in [2.75, 3.05) is 13.2 Å². The Labute approximate surface area is 522 Å². The predicted molar refractivity (Wildman–Crippen MR) is 371 cm³/mol. The molecule has 0 spiro atoms. The first kappa shape index (κ1) is 80.3. The van der Waals surface area contributed by atoms with Crippen molar-refractivity contribution in [3.63, 3.8) is 0 Å². The largest absolute Gasteiger partial charge is 0.462 e. The molecule has 1 N–H and O–H groups in total. The second kappa shape index (κ2) is 73.6. The third-order valence-electron chi connectivity index (χ3n) is 15.8. The van der Waals surface area contributed by atoms with Crippen molar-refractivity contribution >= 4 is 11.9 Å². The highest BCUT2D eigenvalue weighted by Gasteiger charge is 2.16. The molecule has 5 heteroatoms. The molecule has 0 aliphatic rings. The Kier molecular flexibility index (Phi) is 70.3. The van der Waals surface area contributed by atoms with Crippen molar-refractivity contribution in [1.29, 1.82) is 0 Å². The van der Waals surface area contributed by atoms with Gasteiger partial charge in [0.1, 0.15) is 6.61 Å². The summed E-state index contributed by atoms with van der Waals surface area (Å²) in [6, 6.07) is 0. The molecule has 0 bridgehead atoms. The first-order chi connectivity index (χ1) is 41.6. The number of aliphatic hydroxyl groups is 1. The van der Waals surface area contributed by atoms with Crippen LogP contribution in [0, 0.1) is 0 Å². The number of carbonyl (C=O) groups excluding carboxylic acids is 2. The van der Waals surface area contributed by atoms with E-state index in [-0.39, 0.29) is 25.2 Å². The maximum atomic E-state index is 12.4. The number of carbonyl (C=O) groups is 2. The molecule has 482 valence electrons. The van der Waals surface area contributed by atoms with Crippen molar-refractivity contribution < 1.29 is 24.2 Å². The van der Waals surface area contributed by atoms with Crippen LogP contribution < -0.4 is 0 Å². The zero-order valence-electron chi connectivity index (χ0n) is 55.4. The molecule has 0 heterocycles. The quantitative estimate of drug-likeness (QED) is 0.0373. The molecule has 0 aromatic heterocycles. The van der Waals surface area contributed by atoms with Crippen LogP contribution in [0.15, 0.2) is 122 Å². The summed E-state index contributed by atoms with van der Waals surface area (Å²) < 4.78 is 10.8. The Balaban J connectivity index is 3.52. The van der Waals surface area contributed by atoms with E-state index in [1.165, 1.54) is 212 Å². The molecule has 0 aliphatic heterocycles. The number of ether oxygens (including phenoxy) is 2. The van der Waals surface area contributed by atoms with Crippen molar-refractivity contribution in [3.8, 4) is 0 Å². The van der Waals surface area contributed by atoms with Crippen LogP contribution in [-0.4, -0.2) is 36.4 Å². The van der Waals surface area contributed by atoms with Crippen LogP contribution in [0.3, 0.4) is 0 Å². The standard InChI is InChI=1S/C79H136O5/c1-3-5-7-9-11-13-15-17-19-21-23-25-27-29-31-33-35-37-38-39-40-42-44-46-48-50-52-54-56-58-60-62-64-66-68-70-72-74-79(82)84-77(75-80)76-83-78(81)73-71-69-67-65-63-61-59-57-55-53-51-49-47-45-43-41-36-34-32-30-28-26-24-22-20-18-16-14-12-10-8-6-4-2/h5,7,11,13,17,19,23,25,29,31,35,37,39-40,44,46,50,52,56,58,77,80H,3-4,6,8-10,12,14-16,18,20-22,24,26-28,30,32-34,36,38,41-43,45,47-49,51,53-55,57,59-76H2,1-2H3/b7-5-,13-11-,19-17-,25-23-,31-29-,37-35-,40-39-,46-44-,52-50-,58-56-. The first-order valence-corrected chi connectivity index (χ1v) is 36.1. The van der Waals surface area contributed by atoms with E-state index in [2.05, 4.69) is 135 Å². The van der Waals surface area contributed by atoms with Crippen LogP contribution in [0.1, 0.15) is 348 Å². The van der Waals surface area contributed by atoms with Gasteiger partial charge < -0.3 is 14.6 Å². The molecule has 0 fully saturated rings. The van der Waals surface area contributed by atoms with Gasteiger partial charge in [-0.05, 0) is 89.9 Å². The highest BCUT2D eigenvalue weighted by Crippen LogP contribution is 2.18. The van der Waals surface area contributed by atoms with Crippen molar-refractivity contribution in [2.24, 2.45) is 0 Å². The Morgan fingerprint density at radius 3 is 0.774 bits per heavy atom. The normalized spacial score (nSPS) is 12.9. The predicted octanol–water partition coefficient (Wildman–Crippen LogP) is 25.3. The maximum absolute atomic E-state index is 12.4. The van der Waals surface area contributed by atoms with Gasteiger partial charge in [-0.15, -0.1) is 0 Å². The van der Waals surface area contributed by atoms with Crippen LogP contribution in [0.25, 0.3) is 0 Å².